The van der Waals surface area contributed by atoms with Gasteiger partial charge in [0.2, 0.25) is 0 Å². The van der Waals surface area contributed by atoms with Crippen LogP contribution in [0.15, 0.2) is 16.5 Å². The van der Waals surface area contributed by atoms with E-state index in [0.29, 0.717) is 43.8 Å². The minimum absolute atomic E-state index is 0.0327. The molecule has 3 heterocycles. The van der Waals surface area contributed by atoms with E-state index in [1.807, 2.05) is 15.9 Å². The molecule has 0 spiro atoms. The molecule has 2 fully saturated rings. The molecule has 1 N–H and O–H groups in total. The lowest BCUT2D eigenvalue weighted by Gasteiger charge is -2.33. The standard InChI is InChI=1S/C13H16N6O2/c20-12(11-4-3-10(21-11)9-1-2-9)18-5-7-19(8-6-18)13-14-16-17-15-13/h3-4,9H,1-2,5-8H2,(H,14,15,16,17). The van der Waals surface area contributed by atoms with E-state index < -0.39 is 0 Å². The molecule has 1 aliphatic carbocycles. The Morgan fingerprint density at radius 2 is 2.05 bits per heavy atom. The maximum Gasteiger partial charge on any atom is 0.289 e. The van der Waals surface area contributed by atoms with E-state index in [-0.39, 0.29) is 5.91 Å². The lowest BCUT2D eigenvalue weighted by Crippen LogP contribution is -2.49. The highest BCUT2D eigenvalue weighted by Gasteiger charge is 2.30. The van der Waals surface area contributed by atoms with Crippen LogP contribution in [-0.4, -0.2) is 57.6 Å². The molecule has 1 saturated heterocycles. The molecule has 8 nitrogen and oxygen atoms in total. The fourth-order valence-electron chi connectivity index (χ4n) is 2.61. The molecule has 0 aromatic carbocycles. The number of nitrogens with zero attached hydrogens (tertiary/aromatic N) is 5. The highest BCUT2D eigenvalue weighted by atomic mass is 16.4. The smallest absolute Gasteiger partial charge is 0.289 e. The number of aromatic nitrogens is 4. The van der Waals surface area contributed by atoms with Crippen LogP contribution in [0, 0.1) is 0 Å². The van der Waals surface area contributed by atoms with Gasteiger partial charge in [0.1, 0.15) is 5.76 Å². The van der Waals surface area contributed by atoms with Gasteiger partial charge in [0.05, 0.1) is 0 Å². The zero-order valence-corrected chi connectivity index (χ0v) is 11.5. The Bertz CT molecular complexity index is 625. The van der Waals surface area contributed by atoms with Crippen LogP contribution in [0.25, 0.3) is 0 Å². The zero-order chi connectivity index (χ0) is 14.2. The van der Waals surface area contributed by atoms with E-state index in [1.54, 1.807) is 6.07 Å². The first-order valence-electron chi connectivity index (χ1n) is 7.18. The third-order valence-electron chi connectivity index (χ3n) is 4.00. The van der Waals surface area contributed by atoms with Crippen LogP contribution in [0.5, 0.6) is 0 Å². The number of aromatic amines is 1. The maximum absolute atomic E-state index is 12.4. The SMILES string of the molecule is O=C(c1ccc(C2CC2)o1)N1CCN(c2nn[nH]n2)CC1. The van der Waals surface area contributed by atoms with Crippen molar-refractivity contribution in [2.45, 2.75) is 18.8 Å². The molecule has 0 radical (unpaired) electrons. The Morgan fingerprint density at radius 3 is 2.71 bits per heavy atom. The number of piperazine rings is 1. The van der Waals surface area contributed by atoms with Gasteiger partial charge in [0, 0.05) is 32.1 Å². The van der Waals surface area contributed by atoms with Gasteiger partial charge in [-0.25, -0.2) is 0 Å². The largest absolute Gasteiger partial charge is 0.456 e. The van der Waals surface area contributed by atoms with Crippen molar-refractivity contribution in [2.75, 3.05) is 31.1 Å². The van der Waals surface area contributed by atoms with Crippen LogP contribution in [0.4, 0.5) is 5.95 Å². The van der Waals surface area contributed by atoms with Crippen LogP contribution >= 0.6 is 0 Å². The third kappa shape index (κ3) is 2.37. The van der Waals surface area contributed by atoms with E-state index >= 15 is 0 Å². The summed E-state index contributed by atoms with van der Waals surface area (Å²) in [5, 5.41) is 13.9. The summed E-state index contributed by atoms with van der Waals surface area (Å²) in [5.41, 5.74) is 0. The summed E-state index contributed by atoms with van der Waals surface area (Å²) in [7, 11) is 0. The lowest BCUT2D eigenvalue weighted by molar-refractivity contribution is 0.0712. The number of rotatable bonds is 3. The molecule has 8 heteroatoms. The molecule has 110 valence electrons. The molecule has 1 saturated carbocycles. The fraction of sp³-hybridized carbons (Fsp3) is 0.538. The van der Waals surface area contributed by atoms with Gasteiger partial charge >= 0.3 is 0 Å². The van der Waals surface area contributed by atoms with Gasteiger partial charge in [-0.3, -0.25) is 4.79 Å². The number of tetrazole rings is 1. The van der Waals surface area contributed by atoms with Crippen molar-refractivity contribution in [2.24, 2.45) is 0 Å². The molecular formula is C13H16N6O2. The van der Waals surface area contributed by atoms with Crippen molar-refractivity contribution >= 4 is 11.9 Å². The fourth-order valence-corrected chi connectivity index (χ4v) is 2.61. The van der Waals surface area contributed by atoms with Gasteiger partial charge in [-0.05, 0) is 30.2 Å². The first-order chi connectivity index (χ1) is 10.3. The number of amides is 1. The average molecular weight is 288 g/mol. The van der Waals surface area contributed by atoms with Crippen LogP contribution in [0.2, 0.25) is 0 Å². The van der Waals surface area contributed by atoms with Gasteiger partial charge in [-0.15, -0.1) is 5.10 Å². The molecular weight excluding hydrogens is 272 g/mol. The second kappa shape index (κ2) is 4.87. The van der Waals surface area contributed by atoms with Gasteiger partial charge in [-0.1, -0.05) is 5.10 Å². The number of H-pyrrole nitrogens is 1. The van der Waals surface area contributed by atoms with Gasteiger partial charge in [-0.2, -0.15) is 5.21 Å². The van der Waals surface area contributed by atoms with Gasteiger partial charge < -0.3 is 14.2 Å². The number of carbonyl (C=O) groups is 1. The number of hydrogen-bond donors (Lipinski definition) is 1. The molecule has 4 rings (SSSR count). The maximum atomic E-state index is 12.4. The Hall–Kier alpha value is -2.38. The molecule has 21 heavy (non-hydrogen) atoms. The molecule has 1 aliphatic heterocycles. The Morgan fingerprint density at radius 1 is 1.24 bits per heavy atom. The van der Waals surface area contributed by atoms with E-state index in [2.05, 4.69) is 20.6 Å². The van der Waals surface area contributed by atoms with E-state index in [4.69, 9.17) is 4.42 Å². The Labute approximate surface area is 121 Å². The minimum atomic E-state index is -0.0327. The summed E-state index contributed by atoms with van der Waals surface area (Å²) in [6, 6.07) is 3.72. The van der Waals surface area contributed by atoms with Crippen LogP contribution < -0.4 is 4.90 Å². The molecule has 2 aromatic rings. The topological polar surface area (TPSA) is 91.2 Å². The highest BCUT2D eigenvalue weighted by Crippen LogP contribution is 2.40. The Kier molecular flexibility index (Phi) is 2.87. The van der Waals surface area contributed by atoms with Gasteiger partial charge in [0.15, 0.2) is 5.76 Å². The number of nitrogens with one attached hydrogen (secondary N) is 1. The monoisotopic (exact) mass is 288 g/mol. The molecule has 2 aromatic heterocycles. The number of carbonyl (C=O) groups excluding carboxylic acids is 1. The zero-order valence-electron chi connectivity index (χ0n) is 11.5. The summed E-state index contributed by atoms with van der Waals surface area (Å²) in [6.07, 6.45) is 2.34. The van der Waals surface area contributed by atoms with Crippen molar-refractivity contribution in [1.29, 1.82) is 0 Å². The number of furan rings is 1. The summed E-state index contributed by atoms with van der Waals surface area (Å²) in [5.74, 6) is 2.47. The van der Waals surface area contributed by atoms with Crippen molar-refractivity contribution < 1.29 is 9.21 Å². The third-order valence-corrected chi connectivity index (χ3v) is 4.00. The summed E-state index contributed by atoms with van der Waals surface area (Å²) >= 11 is 0. The predicted octanol–water partition coefficient (Wildman–Crippen LogP) is 0.632. The predicted molar refractivity (Wildman–Crippen MR) is 73.0 cm³/mol. The Balaban J connectivity index is 1.39. The summed E-state index contributed by atoms with van der Waals surface area (Å²) in [4.78, 5) is 16.2. The van der Waals surface area contributed by atoms with Crippen LogP contribution in [0.1, 0.15) is 35.1 Å². The normalized spacial score (nSPS) is 19.0. The van der Waals surface area contributed by atoms with Crippen molar-refractivity contribution in [1.82, 2.24) is 25.5 Å². The van der Waals surface area contributed by atoms with Crippen LogP contribution in [0.3, 0.4) is 0 Å². The summed E-state index contributed by atoms with van der Waals surface area (Å²) < 4.78 is 5.68. The minimum Gasteiger partial charge on any atom is -0.456 e. The van der Waals surface area contributed by atoms with Crippen molar-refractivity contribution in [3.05, 3.63) is 23.7 Å². The molecule has 1 amide bonds. The van der Waals surface area contributed by atoms with E-state index in [9.17, 15) is 4.79 Å². The van der Waals surface area contributed by atoms with Crippen molar-refractivity contribution in [3.63, 3.8) is 0 Å². The molecule has 0 atom stereocenters. The average Bonchev–Trinajstić information content (AvgIpc) is 3.05. The molecule has 0 bridgehead atoms. The lowest BCUT2D eigenvalue weighted by atomic mass is 10.3. The first kappa shape index (κ1) is 12.4. The quantitative estimate of drug-likeness (QED) is 0.891. The molecule has 0 unspecified atom stereocenters. The van der Waals surface area contributed by atoms with Crippen LogP contribution in [-0.2, 0) is 0 Å². The summed E-state index contributed by atoms with van der Waals surface area (Å²) in [6.45, 7) is 2.66. The van der Waals surface area contributed by atoms with E-state index in [1.165, 1.54) is 12.8 Å². The highest BCUT2D eigenvalue weighted by molar-refractivity contribution is 5.91. The van der Waals surface area contributed by atoms with Gasteiger partial charge in [0.25, 0.3) is 11.9 Å². The second-order valence-electron chi connectivity index (χ2n) is 5.47. The first-order valence-corrected chi connectivity index (χ1v) is 7.18. The number of anilines is 1. The number of hydrogen-bond acceptors (Lipinski definition) is 6. The van der Waals surface area contributed by atoms with E-state index in [0.717, 1.165) is 5.76 Å². The second-order valence-corrected chi connectivity index (χ2v) is 5.47. The van der Waals surface area contributed by atoms with Crippen molar-refractivity contribution in [3.8, 4) is 0 Å². The molecule has 2 aliphatic rings.